The van der Waals surface area contributed by atoms with E-state index in [1.807, 2.05) is 0 Å². The predicted molar refractivity (Wildman–Crippen MR) is 72.2 cm³/mol. The summed E-state index contributed by atoms with van der Waals surface area (Å²) in [5.41, 5.74) is 5.72. The summed E-state index contributed by atoms with van der Waals surface area (Å²) in [6, 6.07) is 2.18. The van der Waals surface area contributed by atoms with Crippen LogP contribution < -0.4 is 5.73 Å². The summed E-state index contributed by atoms with van der Waals surface area (Å²) in [6.07, 6.45) is 1.03. The number of hydrogen-bond acceptors (Lipinski definition) is 5. The molecule has 0 unspecified atom stereocenters. The fraction of sp³-hybridized carbons (Fsp3) is 0.455. The summed E-state index contributed by atoms with van der Waals surface area (Å²) in [5, 5.41) is 2.66. The van der Waals surface area contributed by atoms with Crippen LogP contribution >= 0.6 is 23.1 Å². The molecule has 0 aromatic carbocycles. The third-order valence-electron chi connectivity index (χ3n) is 2.12. The SMILES string of the molecule is CCc1cc2c(SC(C)C)nc(N)nc2s1. The summed E-state index contributed by atoms with van der Waals surface area (Å²) in [6.45, 7) is 6.46. The Morgan fingerprint density at radius 2 is 2.19 bits per heavy atom. The lowest BCUT2D eigenvalue weighted by Crippen LogP contribution is -1.97. The highest BCUT2D eigenvalue weighted by atomic mass is 32.2. The van der Waals surface area contributed by atoms with E-state index in [9.17, 15) is 0 Å². The molecule has 16 heavy (non-hydrogen) atoms. The van der Waals surface area contributed by atoms with Crippen LogP contribution in [0, 0.1) is 0 Å². The van der Waals surface area contributed by atoms with E-state index in [2.05, 4.69) is 36.8 Å². The van der Waals surface area contributed by atoms with Gasteiger partial charge < -0.3 is 5.73 Å². The Morgan fingerprint density at radius 1 is 1.44 bits per heavy atom. The van der Waals surface area contributed by atoms with Gasteiger partial charge in [-0.05, 0) is 12.5 Å². The molecule has 0 amide bonds. The van der Waals surface area contributed by atoms with Crippen LogP contribution in [0.15, 0.2) is 11.1 Å². The van der Waals surface area contributed by atoms with Gasteiger partial charge in [-0.25, -0.2) is 9.97 Å². The molecule has 2 aromatic heterocycles. The number of hydrogen-bond donors (Lipinski definition) is 1. The number of anilines is 1. The van der Waals surface area contributed by atoms with Gasteiger partial charge in [0.15, 0.2) is 0 Å². The molecule has 0 radical (unpaired) electrons. The average molecular weight is 253 g/mol. The van der Waals surface area contributed by atoms with Crippen LogP contribution in [0.25, 0.3) is 10.2 Å². The maximum Gasteiger partial charge on any atom is 0.222 e. The summed E-state index contributed by atoms with van der Waals surface area (Å²) < 4.78 is 0. The molecule has 0 atom stereocenters. The van der Waals surface area contributed by atoms with Gasteiger partial charge in [0.05, 0.1) is 0 Å². The molecule has 2 heterocycles. The monoisotopic (exact) mass is 253 g/mol. The van der Waals surface area contributed by atoms with Crippen molar-refractivity contribution in [1.29, 1.82) is 0 Å². The number of nitrogens with zero attached hydrogens (tertiary/aromatic N) is 2. The third kappa shape index (κ3) is 2.30. The summed E-state index contributed by atoms with van der Waals surface area (Å²) >= 11 is 3.45. The third-order valence-corrected chi connectivity index (χ3v) is 4.30. The Balaban J connectivity index is 2.56. The Bertz CT molecular complexity index is 505. The highest BCUT2D eigenvalue weighted by Gasteiger charge is 2.11. The van der Waals surface area contributed by atoms with E-state index < -0.39 is 0 Å². The molecular weight excluding hydrogens is 238 g/mol. The minimum absolute atomic E-state index is 0.375. The molecule has 0 spiro atoms. The highest BCUT2D eigenvalue weighted by Crippen LogP contribution is 2.33. The normalized spacial score (nSPS) is 11.5. The first-order valence-electron chi connectivity index (χ1n) is 5.32. The Morgan fingerprint density at radius 3 is 2.81 bits per heavy atom. The number of nitrogen functional groups attached to an aromatic ring is 1. The number of fused-ring (bicyclic) bond motifs is 1. The molecule has 0 saturated carbocycles. The molecule has 2 aromatic rings. The van der Waals surface area contributed by atoms with Crippen LogP contribution in [-0.2, 0) is 6.42 Å². The van der Waals surface area contributed by atoms with E-state index in [0.717, 1.165) is 21.7 Å². The van der Waals surface area contributed by atoms with Crippen LogP contribution in [-0.4, -0.2) is 15.2 Å². The largest absolute Gasteiger partial charge is 0.368 e. The molecule has 2 N–H and O–H groups in total. The Labute approximate surface area is 103 Å². The molecule has 0 bridgehead atoms. The maximum absolute atomic E-state index is 5.72. The van der Waals surface area contributed by atoms with Gasteiger partial charge in [-0.15, -0.1) is 23.1 Å². The van der Waals surface area contributed by atoms with Crippen LogP contribution in [0.2, 0.25) is 0 Å². The standard InChI is InChI=1S/C11H15N3S2/c1-4-7-5-8-9(15-6(2)3)13-11(12)14-10(8)16-7/h5-6H,4H2,1-3H3,(H2,12,13,14). The van der Waals surface area contributed by atoms with Crippen molar-refractivity contribution in [3.05, 3.63) is 10.9 Å². The van der Waals surface area contributed by atoms with E-state index in [1.54, 1.807) is 23.1 Å². The van der Waals surface area contributed by atoms with Crippen molar-refractivity contribution in [2.24, 2.45) is 0 Å². The molecule has 2 rings (SSSR count). The van der Waals surface area contributed by atoms with Crippen LogP contribution in [0.3, 0.4) is 0 Å². The second kappa shape index (κ2) is 4.59. The van der Waals surface area contributed by atoms with Crippen molar-refractivity contribution in [1.82, 2.24) is 9.97 Å². The summed E-state index contributed by atoms with van der Waals surface area (Å²) in [4.78, 5) is 11.0. The van der Waals surface area contributed by atoms with Gasteiger partial charge in [-0.3, -0.25) is 0 Å². The molecule has 86 valence electrons. The van der Waals surface area contributed by atoms with Gasteiger partial charge in [0.2, 0.25) is 5.95 Å². The summed E-state index contributed by atoms with van der Waals surface area (Å²) in [7, 11) is 0. The van der Waals surface area contributed by atoms with Crippen molar-refractivity contribution in [3.63, 3.8) is 0 Å². The average Bonchev–Trinajstić information content (AvgIpc) is 2.59. The predicted octanol–water partition coefficient (Wildman–Crippen LogP) is 3.34. The van der Waals surface area contributed by atoms with E-state index >= 15 is 0 Å². The highest BCUT2D eigenvalue weighted by molar-refractivity contribution is 8.00. The number of aromatic nitrogens is 2. The van der Waals surface area contributed by atoms with Gasteiger partial charge in [-0.1, -0.05) is 20.8 Å². The molecule has 0 fully saturated rings. The van der Waals surface area contributed by atoms with Gasteiger partial charge >= 0.3 is 0 Å². The smallest absolute Gasteiger partial charge is 0.222 e. The lowest BCUT2D eigenvalue weighted by atomic mass is 10.3. The zero-order valence-electron chi connectivity index (χ0n) is 9.65. The number of thioether (sulfide) groups is 1. The molecule has 5 heteroatoms. The number of aryl methyl sites for hydroxylation is 1. The summed E-state index contributed by atoms with van der Waals surface area (Å²) in [5.74, 6) is 0.375. The lowest BCUT2D eigenvalue weighted by Gasteiger charge is -2.05. The quantitative estimate of drug-likeness (QED) is 0.673. The second-order valence-corrected chi connectivity index (χ2v) is 6.52. The number of thiophene rings is 1. The van der Waals surface area contributed by atoms with Gasteiger partial charge in [0.25, 0.3) is 0 Å². The van der Waals surface area contributed by atoms with Crippen LogP contribution in [0.4, 0.5) is 5.95 Å². The van der Waals surface area contributed by atoms with Crippen LogP contribution in [0.5, 0.6) is 0 Å². The van der Waals surface area contributed by atoms with Crippen molar-refractivity contribution >= 4 is 39.3 Å². The Kier molecular flexibility index (Phi) is 3.35. The number of nitrogens with two attached hydrogens (primary N) is 1. The van der Waals surface area contributed by atoms with Crippen molar-refractivity contribution < 1.29 is 0 Å². The zero-order chi connectivity index (χ0) is 11.7. The maximum atomic E-state index is 5.72. The minimum atomic E-state index is 0.375. The lowest BCUT2D eigenvalue weighted by molar-refractivity contribution is 1.07. The second-order valence-electron chi connectivity index (χ2n) is 3.84. The molecule has 0 aliphatic rings. The van der Waals surface area contributed by atoms with Crippen molar-refractivity contribution in [2.75, 3.05) is 5.73 Å². The van der Waals surface area contributed by atoms with Gasteiger partial charge in [-0.2, -0.15) is 0 Å². The molecule has 0 saturated heterocycles. The van der Waals surface area contributed by atoms with Crippen molar-refractivity contribution in [3.8, 4) is 0 Å². The molecule has 0 aliphatic carbocycles. The first-order valence-corrected chi connectivity index (χ1v) is 7.02. The number of rotatable bonds is 3. The van der Waals surface area contributed by atoms with Crippen molar-refractivity contribution in [2.45, 2.75) is 37.5 Å². The van der Waals surface area contributed by atoms with E-state index in [-0.39, 0.29) is 0 Å². The topological polar surface area (TPSA) is 51.8 Å². The first kappa shape index (κ1) is 11.7. The molecule has 3 nitrogen and oxygen atoms in total. The van der Waals surface area contributed by atoms with E-state index in [0.29, 0.717) is 11.2 Å². The van der Waals surface area contributed by atoms with E-state index in [1.165, 1.54) is 4.88 Å². The van der Waals surface area contributed by atoms with Crippen LogP contribution in [0.1, 0.15) is 25.6 Å². The molecule has 0 aliphatic heterocycles. The van der Waals surface area contributed by atoms with Gasteiger partial charge in [0, 0.05) is 15.5 Å². The first-order chi connectivity index (χ1) is 7.60. The Hall–Kier alpha value is -0.810. The van der Waals surface area contributed by atoms with Gasteiger partial charge in [0.1, 0.15) is 9.86 Å². The minimum Gasteiger partial charge on any atom is -0.368 e. The van der Waals surface area contributed by atoms with E-state index in [4.69, 9.17) is 5.73 Å². The fourth-order valence-electron chi connectivity index (χ4n) is 1.45. The fourth-order valence-corrected chi connectivity index (χ4v) is 3.36. The molecular formula is C11H15N3S2. The zero-order valence-corrected chi connectivity index (χ0v) is 11.3.